The highest BCUT2D eigenvalue weighted by Crippen LogP contribution is 2.88. The van der Waals surface area contributed by atoms with Crippen LogP contribution in [0.1, 0.15) is 0 Å². The molecule has 1 spiro atoms. The van der Waals surface area contributed by atoms with Gasteiger partial charge in [0.25, 0.3) is 11.8 Å². The molecule has 0 unspecified atom stereocenters. The maximum Gasteiger partial charge on any atom is 0.383 e. The summed E-state index contributed by atoms with van der Waals surface area (Å²) in [5, 5.41) is 3.20. The standard InChI is InChI=1S/C2H6Cl4N4P3S/c3-11(4)8-12(5,6)10-13(9-11)7-1-2-14-13/h7-8H,1-2H2/q+1. The fourth-order valence-corrected chi connectivity index (χ4v) is 22.9. The van der Waals surface area contributed by atoms with Crippen molar-refractivity contribution in [2.45, 2.75) is 0 Å². The molecule has 0 aromatic carbocycles. The molecule has 82 valence electrons. The molecular formula is C2H6Cl4N4P3S+. The van der Waals surface area contributed by atoms with Crippen LogP contribution in [0.2, 0.25) is 0 Å². The van der Waals surface area contributed by atoms with E-state index in [1.165, 1.54) is 0 Å². The Hall–Kier alpha value is 2.32. The van der Waals surface area contributed by atoms with Gasteiger partial charge in [-0.25, -0.2) is 0 Å². The molecule has 0 radical (unpaired) electrons. The molecule has 0 amide bonds. The summed E-state index contributed by atoms with van der Waals surface area (Å²) in [7, 11) is 0. The highest BCUT2D eigenvalue weighted by atomic mass is 35.9. The molecule has 0 saturated carbocycles. The minimum atomic E-state index is -2.60. The molecule has 0 aromatic heterocycles. The average Bonchev–Trinajstić information content (AvgIpc) is 2.27. The van der Waals surface area contributed by atoms with Crippen LogP contribution in [0, 0.1) is 0 Å². The zero-order valence-corrected chi connectivity index (χ0v) is 13.1. The van der Waals surface area contributed by atoms with Gasteiger partial charge in [-0.05, 0) is 54.0 Å². The lowest BCUT2D eigenvalue weighted by atomic mass is 10.8. The van der Waals surface area contributed by atoms with Crippen molar-refractivity contribution in [3.8, 4) is 0 Å². The van der Waals surface area contributed by atoms with Gasteiger partial charge < -0.3 is 0 Å². The van der Waals surface area contributed by atoms with Crippen LogP contribution in [-0.2, 0) is 0 Å². The minimum absolute atomic E-state index is 0.840. The molecule has 14 heavy (non-hydrogen) atoms. The quantitative estimate of drug-likeness (QED) is 0.570. The van der Waals surface area contributed by atoms with Crippen molar-refractivity contribution in [2.24, 2.45) is 9.03 Å². The van der Waals surface area contributed by atoms with Crippen molar-refractivity contribution < 1.29 is 0 Å². The molecule has 0 aliphatic carbocycles. The normalized spacial score (nSPS) is 32.3. The molecule has 2 N–H and O–H groups in total. The second-order valence-electron chi connectivity index (χ2n) is 2.53. The molecule has 2 rings (SSSR count). The summed E-state index contributed by atoms with van der Waals surface area (Å²) in [5.41, 5.74) is 0. The fraction of sp³-hybridized carbons (Fsp3) is 1.00. The minimum Gasteiger partial charge on any atom is -0.194 e. The Kier molecular flexibility index (Phi) is 3.84. The van der Waals surface area contributed by atoms with Crippen LogP contribution in [0.4, 0.5) is 0 Å². The number of hydrogen-bond acceptors (Lipinski definition) is 5. The lowest BCUT2D eigenvalue weighted by Gasteiger charge is -2.22. The van der Waals surface area contributed by atoms with Crippen LogP contribution in [0.15, 0.2) is 9.03 Å². The first-order valence-corrected chi connectivity index (χ1v) is 13.9. The third-order valence-electron chi connectivity index (χ3n) is 1.40. The topological polar surface area (TPSA) is 48.8 Å². The van der Waals surface area contributed by atoms with E-state index in [0.29, 0.717) is 0 Å². The smallest absolute Gasteiger partial charge is 0.194 e. The predicted octanol–water partition coefficient (Wildman–Crippen LogP) is 5.45. The largest absolute Gasteiger partial charge is 0.383 e. The second-order valence-corrected chi connectivity index (χ2v) is 18.0. The molecule has 0 bridgehead atoms. The van der Waals surface area contributed by atoms with Gasteiger partial charge in [-0.1, -0.05) is 0 Å². The van der Waals surface area contributed by atoms with Crippen molar-refractivity contribution in [3.05, 3.63) is 0 Å². The lowest BCUT2D eigenvalue weighted by Crippen LogP contribution is -2.08. The summed E-state index contributed by atoms with van der Waals surface area (Å²) in [6, 6.07) is 0. The number of hydrogen-bond donors (Lipinski definition) is 2. The van der Waals surface area contributed by atoms with Crippen molar-refractivity contribution in [2.75, 3.05) is 12.3 Å². The molecular weight excluding hydrogens is 347 g/mol. The summed E-state index contributed by atoms with van der Waals surface area (Å²) >= 11 is 25.6. The second kappa shape index (κ2) is 4.21. The van der Waals surface area contributed by atoms with Crippen LogP contribution in [0.25, 0.3) is 0 Å². The number of nitrogens with zero attached hydrogens (tertiary/aromatic N) is 2. The molecule has 1 saturated heterocycles. The van der Waals surface area contributed by atoms with Crippen molar-refractivity contribution in [1.82, 2.24) is 9.95 Å². The van der Waals surface area contributed by atoms with Crippen LogP contribution < -0.4 is 9.95 Å². The van der Waals surface area contributed by atoms with Gasteiger partial charge in [0.15, 0.2) is 0 Å². The summed E-state index contributed by atoms with van der Waals surface area (Å²) in [4.78, 5) is 2.71. The van der Waals surface area contributed by atoms with E-state index >= 15 is 0 Å². The Morgan fingerprint density at radius 2 is 1.71 bits per heavy atom. The van der Waals surface area contributed by atoms with E-state index in [9.17, 15) is 0 Å². The Morgan fingerprint density at radius 1 is 1.14 bits per heavy atom. The van der Waals surface area contributed by atoms with E-state index in [4.69, 9.17) is 45.0 Å². The van der Waals surface area contributed by atoms with E-state index in [-0.39, 0.29) is 0 Å². The van der Waals surface area contributed by atoms with Gasteiger partial charge in [0.1, 0.15) is 0 Å². The SMILES string of the molecule is ClP1(Cl)=N[P+]2(N=P(Cl)(Cl)N1)NCCS2. The summed E-state index contributed by atoms with van der Waals surface area (Å²) in [5.74, 6) is -4.26. The van der Waals surface area contributed by atoms with E-state index in [1.54, 1.807) is 11.4 Å². The Balaban J connectivity index is 2.46. The van der Waals surface area contributed by atoms with Crippen molar-refractivity contribution in [3.63, 3.8) is 0 Å². The summed E-state index contributed by atoms with van der Waals surface area (Å²) in [6.07, 6.45) is 0. The first kappa shape index (κ1) is 12.8. The first-order valence-electron chi connectivity index (χ1n) is 3.47. The van der Waals surface area contributed by atoms with E-state index in [1.807, 2.05) is 0 Å². The zero-order valence-electron chi connectivity index (χ0n) is 6.57. The zero-order chi connectivity index (χ0) is 10.4. The van der Waals surface area contributed by atoms with Crippen LogP contribution in [0.5, 0.6) is 0 Å². The molecule has 2 aliphatic rings. The fourth-order valence-electron chi connectivity index (χ4n) is 1.03. The average molecular weight is 353 g/mol. The molecule has 0 aromatic rings. The Bertz CT molecular complexity index is 326. The highest BCUT2D eigenvalue weighted by molar-refractivity contribution is 8.63. The van der Waals surface area contributed by atoms with Gasteiger partial charge in [-0.2, -0.15) is 4.86 Å². The van der Waals surface area contributed by atoms with E-state index in [2.05, 4.69) is 19.0 Å². The highest BCUT2D eigenvalue weighted by Gasteiger charge is 2.53. The number of nitrogens with one attached hydrogen (secondary N) is 2. The van der Waals surface area contributed by atoms with Crippen LogP contribution in [0.3, 0.4) is 0 Å². The molecule has 1 fully saturated rings. The molecule has 2 aliphatic heterocycles. The Morgan fingerprint density at radius 3 is 2.14 bits per heavy atom. The summed E-state index contributed by atoms with van der Waals surface area (Å²) < 4.78 is 8.65. The maximum absolute atomic E-state index is 6.00. The van der Waals surface area contributed by atoms with Gasteiger partial charge >= 0.3 is 6.92 Å². The molecule has 0 atom stereocenters. The van der Waals surface area contributed by atoms with Gasteiger partial charge in [-0.15, -0.1) is 5.09 Å². The van der Waals surface area contributed by atoms with Gasteiger partial charge in [0.2, 0.25) is 0 Å². The molecule has 2 heterocycles. The van der Waals surface area contributed by atoms with Crippen molar-refractivity contribution in [1.29, 1.82) is 0 Å². The number of rotatable bonds is 0. The summed E-state index contributed by atoms with van der Waals surface area (Å²) in [6.45, 7) is -1.22. The first-order chi connectivity index (χ1) is 6.33. The Labute approximate surface area is 106 Å². The van der Waals surface area contributed by atoms with E-state index in [0.717, 1.165) is 12.3 Å². The maximum atomic E-state index is 6.00. The predicted molar refractivity (Wildman–Crippen MR) is 72.6 cm³/mol. The van der Waals surface area contributed by atoms with Crippen molar-refractivity contribution >= 4 is 75.1 Å². The molecule has 12 heteroatoms. The van der Waals surface area contributed by atoms with Crippen LogP contribution >= 0.6 is 75.1 Å². The molecule has 4 nitrogen and oxygen atoms in total. The number of halogens is 4. The van der Waals surface area contributed by atoms with Gasteiger partial charge in [0.05, 0.1) is 17.1 Å². The third kappa shape index (κ3) is 2.96. The van der Waals surface area contributed by atoms with Crippen LogP contribution in [-0.4, -0.2) is 12.3 Å². The van der Waals surface area contributed by atoms with Gasteiger partial charge in [0, 0.05) is 6.54 Å². The third-order valence-corrected chi connectivity index (χ3v) is 16.9. The van der Waals surface area contributed by atoms with E-state index < -0.39 is 18.7 Å². The van der Waals surface area contributed by atoms with Gasteiger partial charge in [-0.3, -0.25) is 0 Å². The monoisotopic (exact) mass is 351 g/mol. The lowest BCUT2D eigenvalue weighted by molar-refractivity contribution is 1.04.